The van der Waals surface area contributed by atoms with Gasteiger partial charge in [-0.25, -0.2) is 4.98 Å². The van der Waals surface area contributed by atoms with E-state index in [2.05, 4.69) is 63.6 Å². The first-order chi connectivity index (χ1) is 14.0. The third-order valence-corrected chi connectivity index (χ3v) is 5.14. The maximum Gasteiger partial charge on any atom is 0.191 e. The molecular formula is C23H34IN5O. The zero-order valence-electron chi connectivity index (χ0n) is 18.4. The maximum absolute atomic E-state index is 5.99. The number of halogens is 1. The average molecular weight is 523 g/mol. The van der Waals surface area contributed by atoms with E-state index < -0.39 is 0 Å². The lowest BCUT2D eigenvalue weighted by Crippen LogP contribution is -2.50. The van der Waals surface area contributed by atoms with E-state index >= 15 is 0 Å². The van der Waals surface area contributed by atoms with Gasteiger partial charge in [0.25, 0.3) is 0 Å². The molecule has 6 nitrogen and oxygen atoms in total. The number of aliphatic imine (C=N–C) groups is 1. The number of aromatic nitrogens is 1. The van der Waals surface area contributed by atoms with Crippen LogP contribution in [0.1, 0.15) is 31.0 Å². The monoisotopic (exact) mass is 523 g/mol. The molecule has 164 valence electrons. The van der Waals surface area contributed by atoms with Gasteiger partial charge in [-0.3, -0.25) is 4.99 Å². The molecule has 3 rings (SSSR count). The first-order valence-electron chi connectivity index (χ1n) is 10.4. The van der Waals surface area contributed by atoms with Crippen molar-refractivity contribution in [2.75, 3.05) is 31.6 Å². The van der Waals surface area contributed by atoms with E-state index in [0.717, 1.165) is 49.2 Å². The van der Waals surface area contributed by atoms with Crippen LogP contribution in [0.5, 0.6) is 5.75 Å². The molecule has 1 aromatic heterocycles. The SMILES string of the molecule is CN=C(NCC(C)Oc1cccc(C)c1)NC1CCN(c2cccc(C)n2)CC1.I. The first kappa shape index (κ1) is 24.2. The number of hydrogen-bond donors (Lipinski definition) is 2. The molecule has 2 aromatic rings. The second kappa shape index (κ2) is 12.0. The molecule has 1 atom stereocenters. The van der Waals surface area contributed by atoms with E-state index in [0.29, 0.717) is 12.6 Å². The number of piperidine rings is 1. The van der Waals surface area contributed by atoms with Crippen LogP contribution in [0.3, 0.4) is 0 Å². The number of nitrogens with zero attached hydrogens (tertiary/aromatic N) is 3. The summed E-state index contributed by atoms with van der Waals surface area (Å²) in [6.07, 6.45) is 2.17. The van der Waals surface area contributed by atoms with Crippen LogP contribution in [-0.2, 0) is 0 Å². The van der Waals surface area contributed by atoms with Gasteiger partial charge < -0.3 is 20.3 Å². The Kier molecular flexibility index (Phi) is 9.68. The van der Waals surface area contributed by atoms with Gasteiger partial charge in [0.2, 0.25) is 0 Å². The van der Waals surface area contributed by atoms with Crippen molar-refractivity contribution < 1.29 is 4.74 Å². The van der Waals surface area contributed by atoms with Crippen molar-refractivity contribution in [2.45, 2.75) is 45.8 Å². The molecule has 1 aliphatic heterocycles. The quantitative estimate of drug-likeness (QED) is 0.342. The van der Waals surface area contributed by atoms with Crippen LogP contribution in [0.4, 0.5) is 5.82 Å². The molecular weight excluding hydrogens is 489 g/mol. The summed E-state index contributed by atoms with van der Waals surface area (Å²) in [5, 5.41) is 6.94. The molecule has 1 unspecified atom stereocenters. The number of benzene rings is 1. The van der Waals surface area contributed by atoms with E-state index in [4.69, 9.17) is 4.74 Å². The minimum atomic E-state index is 0. The van der Waals surface area contributed by atoms with Gasteiger partial charge in [0.15, 0.2) is 5.96 Å². The van der Waals surface area contributed by atoms with Crippen LogP contribution < -0.4 is 20.3 Å². The topological polar surface area (TPSA) is 61.8 Å². The van der Waals surface area contributed by atoms with Crippen molar-refractivity contribution >= 4 is 35.8 Å². The third kappa shape index (κ3) is 7.34. The largest absolute Gasteiger partial charge is 0.489 e. The molecule has 0 bridgehead atoms. The molecule has 2 N–H and O–H groups in total. The summed E-state index contributed by atoms with van der Waals surface area (Å²) in [6.45, 7) is 8.87. The predicted octanol–water partition coefficient (Wildman–Crippen LogP) is 3.92. The van der Waals surface area contributed by atoms with E-state index in [1.165, 1.54) is 5.56 Å². The molecule has 1 aliphatic rings. The van der Waals surface area contributed by atoms with Gasteiger partial charge in [-0.05, 0) is 63.4 Å². The Labute approximate surface area is 197 Å². The summed E-state index contributed by atoms with van der Waals surface area (Å²) in [5.74, 6) is 2.81. The Morgan fingerprint density at radius 2 is 1.93 bits per heavy atom. The molecule has 2 heterocycles. The van der Waals surface area contributed by atoms with Crippen molar-refractivity contribution in [3.63, 3.8) is 0 Å². The summed E-state index contributed by atoms with van der Waals surface area (Å²) >= 11 is 0. The molecule has 0 saturated carbocycles. The van der Waals surface area contributed by atoms with Gasteiger partial charge in [0.05, 0.1) is 6.54 Å². The first-order valence-corrected chi connectivity index (χ1v) is 10.4. The Balaban J connectivity index is 0.00000320. The zero-order chi connectivity index (χ0) is 20.6. The van der Waals surface area contributed by atoms with E-state index in [1.54, 1.807) is 0 Å². The molecule has 7 heteroatoms. The molecule has 30 heavy (non-hydrogen) atoms. The summed E-state index contributed by atoms with van der Waals surface area (Å²) < 4.78 is 5.99. The fourth-order valence-electron chi connectivity index (χ4n) is 3.55. The van der Waals surface area contributed by atoms with Gasteiger partial charge in [-0.2, -0.15) is 0 Å². The standard InChI is InChI=1S/C23H33N5O.HI/c1-17-7-5-9-21(15-17)29-19(3)16-25-23(24-4)27-20-11-13-28(14-12-20)22-10-6-8-18(2)26-22;/h5-10,15,19-20H,11-14,16H2,1-4H3,(H2,24,25,27);1H. The number of guanidine groups is 1. The van der Waals surface area contributed by atoms with Gasteiger partial charge >= 0.3 is 0 Å². The summed E-state index contributed by atoms with van der Waals surface area (Å²) in [7, 11) is 1.81. The third-order valence-electron chi connectivity index (χ3n) is 5.14. The Morgan fingerprint density at radius 1 is 1.20 bits per heavy atom. The number of anilines is 1. The highest BCUT2D eigenvalue weighted by Gasteiger charge is 2.21. The predicted molar refractivity (Wildman–Crippen MR) is 135 cm³/mol. The summed E-state index contributed by atoms with van der Waals surface area (Å²) in [4.78, 5) is 11.4. The number of hydrogen-bond acceptors (Lipinski definition) is 4. The minimum Gasteiger partial charge on any atom is -0.489 e. The summed E-state index contributed by atoms with van der Waals surface area (Å²) in [6, 6.07) is 14.8. The van der Waals surface area contributed by atoms with Crippen molar-refractivity contribution in [2.24, 2.45) is 4.99 Å². The smallest absolute Gasteiger partial charge is 0.191 e. The molecule has 1 fully saturated rings. The second-order valence-corrected chi connectivity index (χ2v) is 7.74. The van der Waals surface area contributed by atoms with Gasteiger partial charge in [-0.1, -0.05) is 18.2 Å². The van der Waals surface area contributed by atoms with Crippen LogP contribution in [0, 0.1) is 13.8 Å². The zero-order valence-corrected chi connectivity index (χ0v) is 20.7. The Hall–Kier alpha value is -2.03. The second-order valence-electron chi connectivity index (χ2n) is 7.74. The Morgan fingerprint density at radius 3 is 2.60 bits per heavy atom. The number of nitrogens with one attached hydrogen (secondary N) is 2. The molecule has 0 amide bonds. The van der Waals surface area contributed by atoms with Crippen LogP contribution in [0.15, 0.2) is 47.5 Å². The Bertz CT molecular complexity index is 821. The normalized spacial score (nSPS) is 15.9. The number of aryl methyl sites for hydroxylation is 2. The van der Waals surface area contributed by atoms with Gasteiger partial charge in [0, 0.05) is 31.9 Å². The van der Waals surface area contributed by atoms with Crippen molar-refractivity contribution in [1.29, 1.82) is 0 Å². The van der Waals surface area contributed by atoms with E-state index in [1.807, 2.05) is 32.2 Å². The highest BCUT2D eigenvalue weighted by atomic mass is 127. The van der Waals surface area contributed by atoms with Crippen LogP contribution in [-0.4, -0.2) is 49.8 Å². The minimum absolute atomic E-state index is 0. The van der Waals surface area contributed by atoms with E-state index in [-0.39, 0.29) is 30.1 Å². The molecule has 0 aliphatic carbocycles. The lowest BCUT2D eigenvalue weighted by atomic mass is 10.1. The fraction of sp³-hybridized carbons (Fsp3) is 0.478. The molecule has 0 spiro atoms. The molecule has 1 saturated heterocycles. The lowest BCUT2D eigenvalue weighted by molar-refractivity contribution is 0.223. The number of rotatable bonds is 6. The van der Waals surface area contributed by atoms with Crippen molar-refractivity contribution in [1.82, 2.24) is 15.6 Å². The molecule has 0 radical (unpaired) electrons. The highest BCUT2D eigenvalue weighted by Crippen LogP contribution is 2.18. The van der Waals surface area contributed by atoms with E-state index in [9.17, 15) is 0 Å². The van der Waals surface area contributed by atoms with Crippen LogP contribution in [0.2, 0.25) is 0 Å². The highest BCUT2D eigenvalue weighted by molar-refractivity contribution is 14.0. The van der Waals surface area contributed by atoms with Crippen LogP contribution in [0.25, 0.3) is 0 Å². The fourth-order valence-corrected chi connectivity index (χ4v) is 3.55. The van der Waals surface area contributed by atoms with Gasteiger partial charge in [-0.15, -0.1) is 24.0 Å². The molecule has 1 aromatic carbocycles. The maximum atomic E-state index is 5.99. The lowest BCUT2D eigenvalue weighted by Gasteiger charge is -2.34. The van der Waals surface area contributed by atoms with Crippen LogP contribution >= 0.6 is 24.0 Å². The van der Waals surface area contributed by atoms with Gasteiger partial charge in [0.1, 0.15) is 17.7 Å². The number of pyridine rings is 1. The van der Waals surface area contributed by atoms with Crippen molar-refractivity contribution in [3.8, 4) is 5.75 Å². The average Bonchev–Trinajstić information content (AvgIpc) is 2.71. The summed E-state index contributed by atoms with van der Waals surface area (Å²) in [5.41, 5.74) is 2.27. The van der Waals surface area contributed by atoms with Crippen molar-refractivity contribution in [3.05, 3.63) is 53.7 Å². The number of ether oxygens (including phenoxy) is 1.